The Labute approximate surface area is 209 Å². The van der Waals surface area contributed by atoms with Gasteiger partial charge in [-0.2, -0.15) is 4.98 Å². The highest BCUT2D eigenvalue weighted by Crippen LogP contribution is 2.33. The number of carbonyl (C=O) groups is 1. The molecule has 0 radical (unpaired) electrons. The number of hydrogen-bond donors (Lipinski definition) is 1. The normalized spacial score (nSPS) is 16.7. The first-order chi connectivity index (χ1) is 16.5. The molecule has 3 heterocycles. The molecule has 1 amide bonds. The largest absolute Gasteiger partial charge is 0.485 e. The molecular formula is C24H30ClN5O3S. The Morgan fingerprint density at radius 1 is 1.32 bits per heavy atom. The smallest absolute Gasteiger partial charge is 0.318 e. The Morgan fingerprint density at radius 2 is 2.18 bits per heavy atom. The maximum absolute atomic E-state index is 13.3. The van der Waals surface area contributed by atoms with Crippen LogP contribution in [-0.2, 0) is 6.54 Å². The number of rotatable bonds is 9. The van der Waals surface area contributed by atoms with Gasteiger partial charge in [-0.15, -0.1) is 11.8 Å². The minimum Gasteiger partial charge on any atom is -0.485 e. The van der Waals surface area contributed by atoms with Crippen LogP contribution in [-0.4, -0.2) is 73.5 Å². The summed E-state index contributed by atoms with van der Waals surface area (Å²) in [7, 11) is 5.36. The molecular weight excluding hydrogens is 474 g/mol. The molecule has 10 heteroatoms. The molecule has 1 N–H and O–H groups in total. The number of amides is 1. The van der Waals surface area contributed by atoms with Crippen molar-refractivity contribution >= 4 is 35.1 Å². The van der Waals surface area contributed by atoms with Gasteiger partial charge in [0.25, 0.3) is 5.91 Å². The van der Waals surface area contributed by atoms with Gasteiger partial charge in [0.1, 0.15) is 23.2 Å². The summed E-state index contributed by atoms with van der Waals surface area (Å²) < 4.78 is 11.4. The van der Waals surface area contributed by atoms with Crippen molar-refractivity contribution in [2.45, 2.75) is 25.5 Å². The number of ether oxygens (including phenoxy) is 2. The highest BCUT2D eigenvalue weighted by atomic mass is 35.5. The monoisotopic (exact) mass is 503 g/mol. The van der Waals surface area contributed by atoms with E-state index < -0.39 is 0 Å². The molecule has 2 aromatic rings. The number of nitrogens with zero attached hydrogens (tertiary/aromatic N) is 4. The van der Waals surface area contributed by atoms with E-state index in [9.17, 15) is 4.79 Å². The molecule has 1 atom stereocenters. The molecule has 4 rings (SSSR count). The quantitative estimate of drug-likeness (QED) is 0.556. The maximum Gasteiger partial charge on any atom is 0.318 e. The molecule has 8 nitrogen and oxygen atoms in total. The molecule has 2 aliphatic rings. The predicted molar refractivity (Wildman–Crippen MR) is 136 cm³/mol. The summed E-state index contributed by atoms with van der Waals surface area (Å²) in [5, 5.41) is 3.78. The van der Waals surface area contributed by atoms with Crippen LogP contribution in [0, 0.1) is 0 Å². The SMILES string of the molecule is CNCC[C@H](Oc1ccc(CN2CCN(C)c3nc(OC)ncc3C2=O)c(Cl)c1)C1=CCCS1. The Hall–Kier alpha value is -2.49. The summed E-state index contributed by atoms with van der Waals surface area (Å²) in [5.74, 6) is 2.28. The van der Waals surface area contributed by atoms with Crippen molar-refractivity contribution in [2.24, 2.45) is 0 Å². The Kier molecular flexibility index (Phi) is 8.18. The predicted octanol–water partition coefficient (Wildman–Crippen LogP) is 3.61. The number of hydrogen-bond acceptors (Lipinski definition) is 8. The average Bonchev–Trinajstić information content (AvgIpc) is 3.36. The third-order valence-electron chi connectivity index (χ3n) is 5.88. The molecule has 34 heavy (non-hydrogen) atoms. The second kappa shape index (κ2) is 11.3. The summed E-state index contributed by atoms with van der Waals surface area (Å²) in [4.78, 5) is 26.7. The van der Waals surface area contributed by atoms with Crippen LogP contribution >= 0.6 is 23.4 Å². The van der Waals surface area contributed by atoms with Crippen LogP contribution in [0.4, 0.5) is 5.82 Å². The molecule has 2 aliphatic heterocycles. The zero-order valence-corrected chi connectivity index (χ0v) is 21.3. The van der Waals surface area contributed by atoms with Gasteiger partial charge < -0.3 is 24.6 Å². The van der Waals surface area contributed by atoms with E-state index in [0.717, 1.165) is 36.5 Å². The Morgan fingerprint density at radius 3 is 2.88 bits per heavy atom. The number of aromatic nitrogens is 2. The van der Waals surface area contributed by atoms with Gasteiger partial charge >= 0.3 is 6.01 Å². The highest BCUT2D eigenvalue weighted by Gasteiger charge is 2.28. The van der Waals surface area contributed by atoms with Crippen molar-refractivity contribution in [3.05, 3.63) is 51.5 Å². The fraction of sp³-hybridized carbons (Fsp3) is 0.458. The van der Waals surface area contributed by atoms with E-state index >= 15 is 0 Å². The summed E-state index contributed by atoms with van der Waals surface area (Å²) >= 11 is 8.51. The third-order valence-corrected chi connectivity index (χ3v) is 7.44. The molecule has 1 aromatic carbocycles. The van der Waals surface area contributed by atoms with Crippen LogP contribution in [0.15, 0.2) is 35.4 Å². The van der Waals surface area contributed by atoms with Crippen molar-refractivity contribution in [1.29, 1.82) is 0 Å². The zero-order valence-electron chi connectivity index (χ0n) is 19.7. The third kappa shape index (κ3) is 5.59. The molecule has 0 aliphatic carbocycles. The summed E-state index contributed by atoms with van der Waals surface area (Å²) in [6.07, 6.45) is 5.77. The van der Waals surface area contributed by atoms with Crippen molar-refractivity contribution in [3.63, 3.8) is 0 Å². The van der Waals surface area contributed by atoms with E-state index in [1.807, 2.05) is 49.0 Å². The molecule has 0 unspecified atom stereocenters. The zero-order chi connectivity index (χ0) is 24.1. The van der Waals surface area contributed by atoms with E-state index in [4.69, 9.17) is 21.1 Å². The van der Waals surface area contributed by atoms with Crippen LogP contribution < -0.4 is 19.7 Å². The van der Waals surface area contributed by atoms with E-state index in [0.29, 0.717) is 36.0 Å². The average molecular weight is 504 g/mol. The number of fused-ring (bicyclic) bond motifs is 1. The van der Waals surface area contributed by atoms with Crippen molar-refractivity contribution in [2.75, 3.05) is 51.5 Å². The first kappa shape index (κ1) is 24.6. The summed E-state index contributed by atoms with van der Waals surface area (Å²) in [6.45, 7) is 2.44. The van der Waals surface area contributed by atoms with Crippen LogP contribution in [0.3, 0.4) is 0 Å². The first-order valence-corrected chi connectivity index (χ1v) is 12.7. The maximum atomic E-state index is 13.3. The number of carbonyl (C=O) groups excluding carboxylic acids is 1. The van der Waals surface area contributed by atoms with Crippen LogP contribution in [0.5, 0.6) is 11.8 Å². The van der Waals surface area contributed by atoms with Crippen molar-refractivity contribution in [3.8, 4) is 11.8 Å². The fourth-order valence-electron chi connectivity index (χ4n) is 3.99. The molecule has 0 saturated carbocycles. The van der Waals surface area contributed by atoms with Gasteiger partial charge in [0, 0.05) is 55.0 Å². The van der Waals surface area contributed by atoms with E-state index in [1.54, 1.807) is 4.90 Å². The number of likely N-dealkylation sites (N-methyl/N-ethyl adjacent to an activating group) is 1. The summed E-state index contributed by atoms with van der Waals surface area (Å²) in [5.41, 5.74) is 1.32. The number of nitrogens with one attached hydrogen (secondary N) is 1. The standard InChI is InChI=1S/C24H30ClN5O3S/c1-26-9-8-20(21-5-4-12-34-21)33-17-7-6-16(19(25)13-17)15-30-11-10-29(2)22-18(23(30)31)14-27-24(28-22)32-3/h5-7,13-14,20,26H,4,8-12,15H2,1-3H3/t20-/m0/s1. The minimum absolute atomic E-state index is 0.0121. The van der Waals surface area contributed by atoms with Crippen molar-refractivity contribution in [1.82, 2.24) is 20.2 Å². The number of allylic oxidation sites excluding steroid dienone is 1. The van der Waals surface area contributed by atoms with Gasteiger partial charge in [-0.05, 0) is 37.7 Å². The number of benzene rings is 1. The van der Waals surface area contributed by atoms with Gasteiger partial charge in [-0.25, -0.2) is 4.98 Å². The van der Waals surface area contributed by atoms with Crippen molar-refractivity contribution < 1.29 is 14.3 Å². The Balaban J connectivity index is 1.49. The van der Waals surface area contributed by atoms with Gasteiger partial charge in [-0.1, -0.05) is 23.7 Å². The highest BCUT2D eigenvalue weighted by molar-refractivity contribution is 8.03. The van der Waals surface area contributed by atoms with Gasteiger partial charge in [0.05, 0.1) is 7.11 Å². The molecule has 1 aromatic heterocycles. The number of anilines is 1. The second-order valence-electron chi connectivity index (χ2n) is 8.24. The molecule has 0 fully saturated rings. The lowest BCUT2D eigenvalue weighted by Crippen LogP contribution is -2.33. The fourth-order valence-corrected chi connectivity index (χ4v) is 5.28. The number of halogens is 1. The molecule has 0 spiro atoms. The van der Waals surface area contributed by atoms with Gasteiger partial charge in [-0.3, -0.25) is 4.79 Å². The first-order valence-electron chi connectivity index (χ1n) is 11.3. The van der Waals surface area contributed by atoms with E-state index in [1.165, 1.54) is 18.2 Å². The number of thioether (sulfide) groups is 1. The molecule has 182 valence electrons. The second-order valence-corrected chi connectivity index (χ2v) is 9.81. The van der Waals surface area contributed by atoms with E-state index in [2.05, 4.69) is 21.4 Å². The topological polar surface area (TPSA) is 79.8 Å². The lowest BCUT2D eigenvalue weighted by Gasteiger charge is -2.23. The van der Waals surface area contributed by atoms with Crippen LogP contribution in [0.1, 0.15) is 28.8 Å². The number of methoxy groups -OCH3 is 1. The molecule has 0 bridgehead atoms. The molecule has 0 saturated heterocycles. The van der Waals surface area contributed by atoms with Crippen LogP contribution in [0.25, 0.3) is 0 Å². The van der Waals surface area contributed by atoms with E-state index in [-0.39, 0.29) is 18.0 Å². The lowest BCUT2D eigenvalue weighted by atomic mass is 10.1. The van der Waals surface area contributed by atoms with Crippen LogP contribution in [0.2, 0.25) is 5.02 Å². The van der Waals surface area contributed by atoms with Gasteiger partial charge in [0.15, 0.2) is 0 Å². The minimum atomic E-state index is -0.129. The summed E-state index contributed by atoms with van der Waals surface area (Å²) in [6, 6.07) is 5.96. The van der Waals surface area contributed by atoms with Gasteiger partial charge in [0.2, 0.25) is 0 Å². The lowest BCUT2D eigenvalue weighted by molar-refractivity contribution is 0.0754. The Bertz CT molecular complexity index is 1070.